The lowest BCUT2D eigenvalue weighted by molar-refractivity contribution is -0.134. The maximum Gasteiger partial charge on any atom is 0.330 e. The number of hydrogen-bond acceptors (Lipinski definition) is 5. The summed E-state index contributed by atoms with van der Waals surface area (Å²) in [5, 5.41) is 2.81. The molecule has 1 aromatic rings. The zero-order valence-electron chi connectivity index (χ0n) is 13.8. The number of methoxy groups -OCH3 is 1. The van der Waals surface area contributed by atoms with Crippen molar-refractivity contribution in [3.63, 3.8) is 0 Å². The Morgan fingerprint density at radius 1 is 1.38 bits per heavy atom. The SMILES string of the molecule is COC(=O)/C=C/CCNC(=O)c1ccccc1OCC1CCCO1. The van der Waals surface area contributed by atoms with Crippen LogP contribution in [0.4, 0.5) is 0 Å². The van der Waals surface area contributed by atoms with Crippen LogP contribution >= 0.6 is 0 Å². The van der Waals surface area contributed by atoms with E-state index >= 15 is 0 Å². The van der Waals surface area contributed by atoms with Gasteiger partial charge < -0.3 is 19.5 Å². The molecule has 1 N–H and O–H groups in total. The molecule has 130 valence electrons. The van der Waals surface area contributed by atoms with Crippen LogP contribution < -0.4 is 10.1 Å². The van der Waals surface area contributed by atoms with Crippen molar-refractivity contribution >= 4 is 11.9 Å². The highest BCUT2D eigenvalue weighted by Gasteiger charge is 2.18. The second-order valence-electron chi connectivity index (χ2n) is 5.41. The lowest BCUT2D eigenvalue weighted by Gasteiger charge is -2.14. The van der Waals surface area contributed by atoms with Gasteiger partial charge in [0.1, 0.15) is 12.4 Å². The van der Waals surface area contributed by atoms with Crippen LogP contribution in [0.2, 0.25) is 0 Å². The van der Waals surface area contributed by atoms with E-state index in [0.29, 0.717) is 30.9 Å². The van der Waals surface area contributed by atoms with Gasteiger partial charge in [0.15, 0.2) is 0 Å². The fraction of sp³-hybridized carbons (Fsp3) is 0.444. The second kappa shape index (κ2) is 9.72. The predicted molar refractivity (Wildman–Crippen MR) is 89.0 cm³/mol. The Balaban J connectivity index is 1.82. The van der Waals surface area contributed by atoms with Crippen LogP contribution in [-0.4, -0.2) is 44.8 Å². The van der Waals surface area contributed by atoms with Gasteiger partial charge in [0.25, 0.3) is 5.91 Å². The number of carbonyl (C=O) groups is 2. The van der Waals surface area contributed by atoms with E-state index in [4.69, 9.17) is 9.47 Å². The van der Waals surface area contributed by atoms with Crippen molar-refractivity contribution in [1.29, 1.82) is 0 Å². The maximum atomic E-state index is 12.3. The minimum absolute atomic E-state index is 0.101. The summed E-state index contributed by atoms with van der Waals surface area (Å²) in [6.07, 6.45) is 5.68. The van der Waals surface area contributed by atoms with E-state index in [1.807, 2.05) is 6.07 Å². The first-order valence-electron chi connectivity index (χ1n) is 8.07. The summed E-state index contributed by atoms with van der Waals surface area (Å²) in [6.45, 7) is 1.65. The van der Waals surface area contributed by atoms with E-state index in [9.17, 15) is 9.59 Å². The van der Waals surface area contributed by atoms with Crippen molar-refractivity contribution in [2.75, 3.05) is 26.9 Å². The molecule has 0 aliphatic carbocycles. The molecule has 1 saturated heterocycles. The topological polar surface area (TPSA) is 73.9 Å². The number of hydrogen-bond donors (Lipinski definition) is 1. The standard InChI is InChI=1S/C18H23NO5/c1-22-17(20)10-4-5-11-19-18(21)15-8-2-3-9-16(15)24-13-14-7-6-12-23-14/h2-4,8-10,14H,5-7,11-13H2,1H3,(H,19,21)/b10-4+. The first-order valence-corrected chi connectivity index (χ1v) is 8.07. The van der Waals surface area contributed by atoms with E-state index in [-0.39, 0.29) is 12.0 Å². The van der Waals surface area contributed by atoms with Crippen LogP contribution in [-0.2, 0) is 14.3 Å². The molecule has 1 heterocycles. The number of carbonyl (C=O) groups excluding carboxylic acids is 2. The zero-order chi connectivity index (χ0) is 17.2. The molecule has 1 aromatic carbocycles. The molecule has 0 aromatic heterocycles. The first-order chi connectivity index (χ1) is 11.7. The monoisotopic (exact) mass is 333 g/mol. The van der Waals surface area contributed by atoms with Crippen LogP contribution in [0.25, 0.3) is 0 Å². The van der Waals surface area contributed by atoms with Crippen LogP contribution in [0, 0.1) is 0 Å². The minimum Gasteiger partial charge on any atom is -0.490 e. The minimum atomic E-state index is -0.408. The van der Waals surface area contributed by atoms with E-state index in [1.165, 1.54) is 13.2 Å². The summed E-state index contributed by atoms with van der Waals surface area (Å²) < 4.78 is 15.8. The van der Waals surface area contributed by atoms with Gasteiger partial charge in [-0.25, -0.2) is 4.79 Å². The van der Waals surface area contributed by atoms with E-state index in [2.05, 4.69) is 10.1 Å². The highest BCUT2D eigenvalue weighted by atomic mass is 16.5. The molecule has 1 unspecified atom stereocenters. The van der Waals surface area contributed by atoms with Crippen LogP contribution in [0.1, 0.15) is 29.6 Å². The van der Waals surface area contributed by atoms with Gasteiger partial charge in [-0.15, -0.1) is 0 Å². The Hall–Kier alpha value is -2.34. The van der Waals surface area contributed by atoms with Gasteiger partial charge in [-0.3, -0.25) is 4.79 Å². The Bertz CT molecular complexity index is 579. The molecule has 1 atom stereocenters. The Morgan fingerprint density at radius 2 is 2.21 bits per heavy atom. The zero-order valence-corrected chi connectivity index (χ0v) is 13.8. The van der Waals surface area contributed by atoms with Crippen molar-refractivity contribution in [3.8, 4) is 5.75 Å². The fourth-order valence-electron chi connectivity index (χ4n) is 2.35. The molecule has 0 saturated carbocycles. The normalized spacial score (nSPS) is 17.0. The van der Waals surface area contributed by atoms with Crippen molar-refractivity contribution in [1.82, 2.24) is 5.32 Å². The molecule has 0 radical (unpaired) electrons. The molecule has 0 bridgehead atoms. The van der Waals surface area contributed by atoms with Crippen molar-refractivity contribution < 1.29 is 23.8 Å². The summed E-state index contributed by atoms with van der Waals surface area (Å²) in [5.41, 5.74) is 0.493. The summed E-state index contributed by atoms with van der Waals surface area (Å²) in [5.74, 6) is -0.0609. The van der Waals surface area contributed by atoms with E-state index in [1.54, 1.807) is 24.3 Å². The molecular weight excluding hydrogens is 310 g/mol. The maximum absolute atomic E-state index is 12.3. The second-order valence-corrected chi connectivity index (χ2v) is 5.41. The number of para-hydroxylation sites is 1. The number of esters is 1. The summed E-state index contributed by atoms with van der Waals surface area (Å²) in [6, 6.07) is 7.14. The summed E-state index contributed by atoms with van der Waals surface area (Å²) >= 11 is 0. The third kappa shape index (κ3) is 5.70. The molecule has 6 nitrogen and oxygen atoms in total. The molecule has 0 spiro atoms. The molecule has 1 amide bonds. The summed E-state index contributed by atoms with van der Waals surface area (Å²) in [4.78, 5) is 23.2. The molecule has 24 heavy (non-hydrogen) atoms. The lowest BCUT2D eigenvalue weighted by Crippen LogP contribution is -2.25. The van der Waals surface area contributed by atoms with Gasteiger partial charge in [0.05, 0.1) is 18.8 Å². The molecular formula is C18H23NO5. The van der Waals surface area contributed by atoms with Gasteiger partial charge in [0, 0.05) is 19.2 Å². The third-order valence-electron chi connectivity index (χ3n) is 3.63. The lowest BCUT2D eigenvalue weighted by atomic mass is 10.2. The number of nitrogens with one attached hydrogen (secondary N) is 1. The van der Waals surface area contributed by atoms with Gasteiger partial charge in [-0.05, 0) is 31.4 Å². The smallest absolute Gasteiger partial charge is 0.330 e. The summed E-state index contributed by atoms with van der Waals surface area (Å²) in [7, 11) is 1.32. The quantitative estimate of drug-likeness (QED) is 0.448. The van der Waals surface area contributed by atoms with Crippen LogP contribution in [0.3, 0.4) is 0 Å². The highest BCUT2D eigenvalue weighted by Crippen LogP contribution is 2.20. The fourth-order valence-corrected chi connectivity index (χ4v) is 2.35. The van der Waals surface area contributed by atoms with E-state index in [0.717, 1.165) is 19.4 Å². The number of ether oxygens (including phenoxy) is 3. The van der Waals surface area contributed by atoms with Crippen molar-refractivity contribution in [2.45, 2.75) is 25.4 Å². The Kier molecular flexibility index (Phi) is 7.29. The van der Waals surface area contributed by atoms with E-state index < -0.39 is 5.97 Å². The average molecular weight is 333 g/mol. The van der Waals surface area contributed by atoms with Gasteiger partial charge in [0.2, 0.25) is 0 Å². The molecule has 1 fully saturated rings. The Labute approximate surface area is 141 Å². The number of amides is 1. The van der Waals surface area contributed by atoms with Gasteiger partial charge in [-0.1, -0.05) is 18.2 Å². The molecule has 2 rings (SSSR count). The predicted octanol–water partition coefficient (Wildman–Crippen LogP) is 2.09. The number of rotatable bonds is 8. The Morgan fingerprint density at radius 3 is 2.96 bits per heavy atom. The largest absolute Gasteiger partial charge is 0.490 e. The number of benzene rings is 1. The van der Waals surface area contributed by atoms with Crippen LogP contribution in [0.15, 0.2) is 36.4 Å². The van der Waals surface area contributed by atoms with Gasteiger partial charge in [-0.2, -0.15) is 0 Å². The van der Waals surface area contributed by atoms with Crippen molar-refractivity contribution in [2.24, 2.45) is 0 Å². The third-order valence-corrected chi connectivity index (χ3v) is 3.63. The molecule has 6 heteroatoms. The average Bonchev–Trinajstić information content (AvgIpc) is 3.13. The van der Waals surface area contributed by atoms with Crippen molar-refractivity contribution in [3.05, 3.63) is 42.0 Å². The molecule has 1 aliphatic heterocycles. The van der Waals surface area contributed by atoms with Gasteiger partial charge >= 0.3 is 5.97 Å². The van der Waals surface area contributed by atoms with Crippen LogP contribution in [0.5, 0.6) is 5.75 Å². The first kappa shape index (κ1) is 18.0. The molecule has 1 aliphatic rings. The highest BCUT2D eigenvalue weighted by molar-refractivity contribution is 5.96.